The molecule has 190 valence electrons. The zero-order valence-corrected chi connectivity index (χ0v) is 22.4. The van der Waals surface area contributed by atoms with E-state index in [0.29, 0.717) is 6.04 Å². The van der Waals surface area contributed by atoms with E-state index in [0.717, 1.165) is 0 Å². The van der Waals surface area contributed by atoms with Gasteiger partial charge in [0.15, 0.2) is 0 Å². The van der Waals surface area contributed by atoms with Crippen molar-refractivity contribution >= 4 is 43.6 Å². The van der Waals surface area contributed by atoms with Crippen LogP contribution in [0.25, 0.3) is 60.4 Å². The first-order valence-corrected chi connectivity index (χ1v) is 14.4. The molecule has 7 aromatic rings. The van der Waals surface area contributed by atoms with Gasteiger partial charge in [-0.3, -0.25) is 0 Å². The Morgan fingerprint density at radius 1 is 0.513 bits per heavy atom. The third-order valence-electron chi connectivity index (χ3n) is 8.95. The van der Waals surface area contributed by atoms with Crippen molar-refractivity contribution in [1.29, 1.82) is 0 Å². The number of rotatable bonds is 3. The summed E-state index contributed by atoms with van der Waals surface area (Å²) in [7, 11) is 0. The average Bonchev–Trinajstić information content (AvgIpc) is 3.50. The first-order chi connectivity index (χ1) is 19.3. The summed E-state index contributed by atoms with van der Waals surface area (Å²) in [4.78, 5) is 0. The zero-order valence-electron chi connectivity index (χ0n) is 22.4. The van der Waals surface area contributed by atoms with E-state index in [1.165, 1.54) is 98.1 Å². The molecule has 0 saturated heterocycles. The van der Waals surface area contributed by atoms with Gasteiger partial charge in [0.2, 0.25) is 0 Å². The van der Waals surface area contributed by atoms with Gasteiger partial charge in [-0.05, 0) is 79.4 Å². The van der Waals surface area contributed by atoms with E-state index in [-0.39, 0.29) is 0 Å². The fraction of sp³-hybridized carbons (Fsp3) is 0.189. The molecule has 2 heteroatoms. The molecule has 2 nitrogen and oxygen atoms in total. The fourth-order valence-corrected chi connectivity index (χ4v) is 7.04. The number of para-hydroxylation sites is 2. The quantitative estimate of drug-likeness (QED) is 0.226. The van der Waals surface area contributed by atoms with E-state index in [9.17, 15) is 0 Å². The highest BCUT2D eigenvalue weighted by molar-refractivity contribution is 6.12. The molecule has 2 heterocycles. The second kappa shape index (κ2) is 8.88. The van der Waals surface area contributed by atoms with E-state index in [1.54, 1.807) is 0 Å². The summed E-state index contributed by atoms with van der Waals surface area (Å²) in [6.45, 7) is 2.14. The van der Waals surface area contributed by atoms with Crippen molar-refractivity contribution in [3.8, 4) is 16.8 Å². The minimum atomic E-state index is 0.608. The molecule has 39 heavy (non-hydrogen) atoms. The fourth-order valence-electron chi connectivity index (χ4n) is 7.04. The second-order valence-corrected chi connectivity index (χ2v) is 11.3. The number of aryl methyl sites for hydroxylation is 1. The molecule has 0 amide bonds. The Morgan fingerprint density at radius 2 is 1.05 bits per heavy atom. The van der Waals surface area contributed by atoms with Gasteiger partial charge in [-0.1, -0.05) is 85.5 Å². The molecular formula is C37H32N2. The molecule has 8 rings (SSSR count). The lowest BCUT2D eigenvalue weighted by Crippen LogP contribution is -2.12. The average molecular weight is 505 g/mol. The maximum absolute atomic E-state index is 2.64. The first kappa shape index (κ1) is 22.7. The number of benzene rings is 5. The van der Waals surface area contributed by atoms with E-state index < -0.39 is 0 Å². The Morgan fingerprint density at radius 3 is 1.77 bits per heavy atom. The number of aromatic nitrogens is 2. The van der Waals surface area contributed by atoms with Gasteiger partial charge in [-0.2, -0.15) is 0 Å². The van der Waals surface area contributed by atoms with Crippen molar-refractivity contribution in [3.63, 3.8) is 0 Å². The lowest BCUT2D eigenvalue weighted by Gasteiger charge is -2.25. The van der Waals surface area contributed by atoms with Crippen molar-refractivity contribution in [1.82, 2.24) is 9.13 Å². The molecular weight excluding hydrogens is 472 g/mol. The van der Waals surface area contributed by atoms with Crippen LogP contribution in [0.5, 0.6) is 0 Å². The van der Waals surface area contributed by atoms with E-state index in [1.807, 2.05) is 0 Å². The predicted octanol–water partition coefficient (Wildman–Crippen LogP) is 10.4. The molecule has 0 unspecified atom stereocenters. The van der Waals surface area contributed by atoms with Crippen LogP contribution in [-0.2, 0) is 0 Å². The minimum absolute atomic E-state index is 0.608. The summed E-state index contributed by atoms with van der Waals surface area (Å²) >= 11 is 0. The van der Waals surface area contributed by atoms with Gasteiger partial charge in [0.05, 0.1) is 11.0 Å². The highest BCUT2D eigenvalue weighted by Gasteiger charge is 2.21. The summed E-state index contributed by atoms with van der Waals surface area (Å²) in [6.07, 6.45) is 6.63. The van der Waals surface area contributed by atoms with Gasteiger partial charge in [0, 0.05) is 44.3 Å². The van der Waals surface area contributed by atoms with Gasteiger partial charge in [0.25, 0.3) is 0 Å². The summed E-state index contributed by atoms with van der Waals surface area (Å²) in [6, 6.07) is 41.4. The number of nitrogens with zero attached hydrogens (tertiary/aromatic N) is 2. The van der Waals surface area contributed by atoms with Crippen LogP contribution in [-0.4, -0.2) is 9.13 Å². The molecule has 0 bridgehead atoms. The molecule has 0 aliphatic heterocycles. The summed E-state index contributed by atoms with van der Waals surface area (Å²) < 4.78 is 5.04. The van der Waals surface area contributed by atoms with Gasteiger partial charge in [0.1, 0.15) is 0 Å². The lowest BCUT2D eigenvalue weighted by atomic mass is 9.95. The lowest BCUT2D eigenvalue weighted by molar-refractivity contribution is 0.367. The van der Waals surface area contributed by atoms with Crippen LogP contribution in [0.15, 0.2) is 109 Å². The number of fused-ring (bicyclic) bond motifs is 6. The maximum Gasteiger partial charge on any atom is 0.0541 e. The normalized spacial score (nSPS) is 14.7. The zero-order chi connectivity index (χ0) is 25.9. The third-order valence-corrected chi connectivity index (χ3v) is 8.95. The molecule has 1 saturated carbocycles. The Hall–Kier alpha value is -4.30. The second-order valence-electron chi connectivity index (χ2n) is 11.3. The summed E-state index contributed by atoms with van der Waals surface area (Å²) in [5.74, 6) is 0. The Balaban J connectivity index is 1.32. The van der Waals surface area contributed by atoms with Gasteiger partial charge >= 0.3 is 0 Å². The van der Waals surface area contributed by atoms with Crippen LogP contribution in [0, 0.1) is 6.92 Å². The van der Waals surface area contributed by atoms with Crippen LogP contribution in [0.4, 0.5) is 0 Å². The van der Waals surface area contributed by atoms with Gasteiger partial charge in [-0.25, -0.2) is 0 Å². The summed E-state index contributed by atoms with van der Waals surface area (Å²) in [5, 5.41) is 5.34. The van der Waals surface area contributed by atoms with Gasteiger partial charge in [-0.15, -0.1) is 0 Å². The maximum atomic E-state index is 2.64. The molecule has 5 aromatic carbocycles. The molecule has 0 spiro atoms. The van der Waals surface area contributed by atoms with E-state index >= 15 is 0 Å². The highest BCUT2D eigenvalue weighted by Crippen LogP contribution is 2.40. The standard InChI is InChI=1S/C37H32N2/c1-25-15-19-29(20-16-25)39-35-14-8-6-12-31(35)33-24-27(18-22-37(33)39)26-17-21-36-32(23-26)30-11-5-7-13-34(30)38(36)28-9-3-2-4-10-28/h5-8,11-24,28H,2-4,9-10H2,1H3. The molecule has 2 aromatic heterocycles. The van der Waals surface area contributed by atoms with Crippen LogP contribution in [0.3, 0.4) is 0 Å². The Labute approximate surface area is 229 Å². The Kier molecular flexibility index (Phi) is 5.16. The number of hydrogen-bond acceptors (Lipinski definition) is 0. The van der Waals surface area contributed by atoms with Crippen LogP contribution in [0.1, 0.15) is 43.7 Å². The largest absolute Gasteiger partial charge is 0.337 e. The monoisotopic (exact) mass is 504 g/mol. The smallest absolute Gasteiger partial charge is 0.0541 e. The van der Waals surface area contributed by atoms with Crippen molar-refractivity contribution in [2.24, 2.45) is 0 Å². The van der Waals surface area contributed by atoms with Crippen LogP contribution >= 0.6 is 0 Å². The molecule has 0 radical (unpaired) electrons. The number of hydrogen-bond donors (Lipinski definition) is 0. The van der Waals surface area contributed by atoms with Crippen molar-refractivity contribution in [2.75, 3.05) is 0 Å². The van der Waals surface area contributed by atoms with E-state index in [4.69, 9.17) is 0 Å². The third kappa shape index (κ3) is 3.55. The van der Waals surface area contributed by atoms with Crippen molar-refractivity contribution in [3.05, 3.63) is 115 Å². The van der Waals surface area contributed by atoms with Crippen LogP contribution < -0.4 is 0 Å². The molecule has 1 fully saturated rings. The van der Waals surface area contributed by atoms with Crippen molar-refractivity contribution in [2.45, 2.75) is 45.1 Å². The minimum Gasteiger partial charge on any atom is -0.337 e. The molecule has 0 N–H and O–H groups in total. The first-order valence-electron chi connectivity index (χ1n) is 14.4. The highest BCUT2D eigenvalue weighted by atomic mass is 15.0. The SMILES string of the molecule is Cc1ccc(-n2c3ccccc3c3cc(-c4ccc5c(c4)c4ccccc4n5C4CCCCC4)ccc32)cc1. The van der Waals surface area contributed by atoms with Gasteiger partial charge < -0.3 is 9.13 Å². The molecule has 1 aliphatic rings. The van der Waals surface area contributed by atoms with Crippen molar-refractivity contribution < 1.29 is 0 Å². The topological polar surface area (TPSA) is 9.86 Å². The van der Waals surface area contributed by atoms with E-state index in [2.05, 4.69) is 125 Å². The summed E-state index contributed by atoms with van der Waals surface area (Å²) in [5.41, 5.74) is 10.3. The van der Waals surface area contributed by atoms with Crippen LogP contribution in [0.2, 0.25) is 0 Å². The molecule has 1 aliphatic carbocycles. The Bertz CT molecular complexity index is 2000. The molecule has 0 atom stereocenters. The predicted molar refractivity (Wildman–Crippen MR) is 166 cm³/mol.